The van der Waals surface area contributed by atoms with E-state index in [1.165, 1.54) is 28.5 Å². The maximum atomic E-state index is 12.2. The van der Waals surface area contributed by atoms with Gasteiger partial charge in [0.15, 0.2) is 10.0 Å². The van der Waals surface area contributed by atoms with Crippen LogP contribution in [-0.4, -0.2) is 55.9 Å². The van der Waals surface area contributed by atoms with E-state index in [-0.39, 0.29) is 17.6 Å². The number of carboxylic acid groups (broad SMARTS) is 1. The molecular weight excluding hydrogens is 408 g/mol. The second-order valence-corrected chi connectivity index (χ2v) is 9.36. The maximum Gasteiger partial charge on any atom is 0.355 e. The van der Waals surface area contributed by atoms with Gasteiger partial charge in [-0.15, -0.1) is 17.3 Å². The van der Waals surface area contributed by atoms with Crippen molar-refractivity contribution in [1.82, 2.24) is 9.88 Å². The minimum absolute atomic E-state index is 0.0258. The Morgan fingerprint density at radius 1 is 1.55 bits per heavy atom. The fraction of sp³-hybridized carbons (Fsp3) is 0.571. The predicted molar refractivity (Wildman–Crippen MR) is 116 cm³/mol. The number of unbranched alkanes of at least 4 members (excludes halogenated alkanes) is 2. The molecule has 2 atom stereocenters. The second kappa shape index (κ2) is 11.4. The third-order valence-corrected chi connectivity index (χ3v) is 6.52. The molecule has 0 saturated carbocycles. The first-order valence-corrected chi connectivity index (χ1v) is 11.7. The van der Waals surface area contributed by atoms with Crippen LogP contribution in [0.15, 0.2) is 21.9 Å². The average Bonchev–Trinajstić information content (AvgIpc) is 3.27. The molecule has 1 aliphatic heterocycles. The molecule has 0 spiro atoms. The number of carbonyl (C=O) groups excluding carboxylic acids is 1. The summed E-state index contributed by atoms with van der Waals surface area (Å²) in [6, 6.07) is 0.0258. The largest absolute Gasteiger partial charge is 0.476 e. The van der Waals surface area contributed by atoms with Gasteiger partial charge in [-0.05, 0) is 19.8 Å². The first-order chi connectivity index (χ1) is 13.8. The Balaban J connectivity index is 1.83. The third kappa shape index (κ3) is 7.84. The van der Waals surface area contributed by atoms with Crippen molar-refractivity contribution in [3.63, 3.8) is 0 Å². The van der Waals surface area contributed by atoms with Gasteiger partial charge in [0.1, 0.15) is 5.60 Å². The van der Waals surface area contributed by atoms with Crippen LogP contribution in [-0.2, 0) is 4.79 Å². The number of thiazole rings is 1. The minimum atomic E-state index is -1.06. The van der Waals surface area contributed by atoms with Crippen molar-refractivity contribution in [3.8, 4) is 11.8 Å². The summed E-state index contributed by atoms with van der Waals surface area (Å²) in [7, 11) is 0. The van der Waals surface area contributed by atoms with Crippen LogP contribution in [0.3, 0.4) is 0 Å². The number of carboxylic acids is 1. The molecular formula is C21H28N2O4S2. The van der Waals surface area contributed by atoms with Gasteiger partial charge in [0.05, 0.1) is 6.04 Å². The summed E-state index contributed by atoms with van der Waals surface area (Å²) in [5.74, 6) is 5.70. The van der Waals surface area contributed by atoms with Gasteiger partial charge in [-0.3, -0.25) is 4.79 Å². The van der Waals surface area contributed by atoms with E-state index in [1.54, 1.807) is 6.92 Å². The van der Waals surface area contributed by atoms with Gasteiger partial charge in [0.2, 0.25) is 5.91 Å². The fourth-order valence-corrected chi connectivity index (χ4v) is 4.73. The van der Waals surface area contributed by atoms with Crippen LogP contribution < -0.4 is 0 Å². The Morgan fingerprint density at radius 3 is 3.03 bits per heavy atom. The highest BCUT2D eigenvalue weighted by atomic mass is 32.2. The summed E-state index contributed by atoms with van der Waals surface area (Å²) >= 11 is 2.76. The summed E-state index contributed by atoms with van der Waals surface area (Å²) in [6.07, 6.45) is 8.54. The topological polar surface area (TPSA) is 90.7 Å². The van der Waals surface area contributed by atoms with Crippen LogP contribution in [0.25, 0.3) is 0 Å². The van der Waals surface area contributed by atoms with Crippen molar-refractivity contribution < 1.29 is 19.8 Å². The summed E-state index contributed by atoms with van der Waals surface area (Å²) < 4.78 is 0.693. The Hall–Kier alpha value is -1.82. The summed E-state index contributed by atoms with van der Waals surface area (Å²) in [5, 5.41) is 20.8. The molecule has 2 N–H and O–H groups in total. The zero-order chi connectivity index (χ0) is 21.3. The van der Waals surface area contributed by atoms with Crippen LogP contribution >= 0.6 is 23.1 Å². The van der Waals surface area contributed by atoms with Crippen molar-refractivity contribution in [2.45, 2.75) is 68.4 Å². The molecule has 0 aliphatic carbocycles. The van der Waals surface area contributed by atoms with E-state index >= 15 is 0 Å². The smallest absolute Gasteiger partial charge is 0.355 e. The Labute approximate surface area is 180 Å². The number of aromatic carboxylic acids is 1. The Morgan fingerprint density at radius 2 is 2.34 bits per heavy atom. The summed E-state index contributed by atoms with van der Waals surface area (Å²) in [4.78, 5) is 29.0. The van der Waals surface area contributed by atoms with Gasteiger partial charge in [-0.2, -0.15) is 0 Å². The molecule has 1 fully saturated rings. The monoisotopic (exact) mass is 436 g/mol. The van der Waals surface area contributed by atoms with Crippen LogP contribution in [0.1, 0.15) is 62.9 Å². The van der Waals surface area contributed by atoms with E-state index in [0.717, 1.165) is 25.7 Å². The molecule has 2 rings (SSSR count). The van der Waals surface area contributed by atoms with Crippen LogP contribution in [0, 0.1) is 11.8 Å². The van der Waals surface area contributed by atoms with Crippen molar-refractivity contribution in [2.75, 3.05) is 12.3 Å². The molecule has 1 saturated heterocycles. The summed E-state index contributed by atoms with van der Waals surface area (Å²) in [6.45, 7) is 4.40. The standard InChI is InChI=1S/C21H28N2O4S2/c1-3-4-5-6-11-21(2,27)12-7-8-16-9-10-18(24)23(16)13-14-28-20-22-17(15-29-20)19(25)26/h7-8,15-16,27H,3-5,9-10,12-14H2,1-2H3,(H,25,26)/b8-7+/t16-,21?/m0/s1. The van der Waals surface area contributed by atoms with Crippen molar-refractivity contribution in [2.24, 2.45) is 0 Å². The zero-order valence-corrected chi connectivity index (χ0v) is 18.5. The van der Waals surface area contributed by atoms with E-state index in [0.29, 0.717) is 29.5 Å². The fourth-order valence-electron chi connectivity index (χ4n) is 2.92. The van der Waals surface area contributed by atoms with Crippen molar-refractivity contribution in [3.05, 3.63) is 23.2 Å². The van der Waals surface area contributed by atoms with Gasteiger partial charge in [0.25, 0.3) is 0 Å². The van der Waals surface area contributed by atoms with Gasteiger partial charge in [0, 0.05) is 36.9 Å². The van der Waals surface area contributed by atoms with E-state index in [9.17, 15) is 14.7 Å². The third-order valence-electron chi connectivity index (χ3n) is 4.52. The first-order valence-electron chi connectivity index (χ1n) is 9.82. The maximum absolute atomic E-state index is 12.2. The zero-order valence-electron chi connectivity index (χ0n) is 16.9. The van der Waals surface area contributed by atoms with E-state index in [1.807, 2.05) is 17.1 Å². The quantitative estimate of drug-likeness (QED) is 0.251. The van der Waals surface area contributed by atoms with Crippen LogP contribution in [0.4, 0.5) is 0 Å². The number of nitrogens with zero attached hydrogens (tertiary/aromatic N) is 2. The highest BCUT2D eigenvalue weighted by Crippen LogP contribution is 2.25. The number of hydrogen-bond donors (Lipinski definition) is 2. The molecule has 8 heteroatoms. The molecule has 29 heavy (non-hydrogen) atoms. The number of aliphatic hydroxyl groups is 1. The molecule has 158 valence electrons. The number of rotatable bonds is 10. The van der Waals surface area contributed by atoms with Gasteiger partial charge in [-0.1, -0.05) is 43.2 Å². The van der Waals surface area contributed by atoms with Gasteiger partial charge < -0.3 is 15.1 Å². The molecule has 2 heterocycles. The van der Waals surface area contributed by atoms with Crippen LogP contribution in [0.5, 0.6) is 0 Å². The highest BCUT2D eigenvalue weighted by Gasteiger charge is 2.28. The number of thioether (sulfide) groups is 1. The molecule has 1 aliphatic rings. The minimum Gasteiger partial charge on any atom is -0.476 e. The molecule has 1 aromatic rings. The molecule has 1 amide bonds. The molecule has 1 aromatic heterocycles. The predicted octanol–water partition coefficient (Wildman–Crippen LogP) is 3.82. The second-order valence-electron chi connectivity index (χ2n) is 7.16. The van der Waals surface area contributed by atoms with E-state index in [2.05, 4.69) is 23.7 Å². The molecule has 6 nitrogen and oxygen atoms in total. The lowest BCUT2D eigenvalue weighted by Crippen LogP contribution is -2.33. The lowest BCUT2D eigenvalue weighted by atomic mass is 10.0. The normalized spacial score (nSPS) is 18.7. The molecule has 0 aromatic carbocycles. The van der Waals surface area contributed by atoms with E-state index in [4.69, 9.17) is 5.11 Å². The van der Waals surface area contributed by atoms with Crippen LogP contribution in [0.2, 0.25) is 0 Å². The SMILES string of the molecule is CCCCC#CC(C)(O)C/C=C/[C@H]1CCC(=O)N1CCSc1nc(C(=O)O)cs1. The first kappa shape index (κ1) is 23.5. The Kier molecular flexibility index (Phi) is 9.21. The lowest BCUT2D eigenvalue weighted by molar-refractivity contribution is -0.128. The average molecular weight is 437 g/mol. The number of carbonyl (C=O) groups is 2. The lowest BCUT2D eigenvalue weighted by Gasteiger charge is -2.22. The molecule has 1 unspecified atom stereocenters. The highest BCUT2D eigenvalue weighted by molar-refractivity contribution is 8.01. The summed E-state index contributed by atoms with van der Waals surface area (Å²) in [5.41, 5.74) is -0.999. The van der Waals surface area contributed by atoms with Gasteiger partial charge in [-0.25, -0.2) is 9.78 Å². The number of amides is 1. The Bertz CT molecular complexity index is 792. The van der Waals surface area contributed by atoms with Gasteiger partial charge >= 0.3 is 5.97 Å². The van der Waals surface area contributed by atoms with Crippen molar-refractivity contribution in [1.29, 1.82) is 0 Å². The number of likely N-dealkylation sites (tertiary alicyclic amines) is 1. The molecule has 0 bridgehead atoms. The van der Waals surface area contributed by atoms with E-state index < -0.39 is 11.6 Å². The number of hydrogen-bond acceptors (Lipinski definition) is 6. The number of aromatic nitrogens is 1. The van der Waals surface area contributed by atoms with Crippen molar-refractivity contribution >= 4 is 35.0 Å². The molecule has 0 radical (unpaired) electrons.